The minimum Gasteiger partial charge on any atom is -0.314 e. The van der Waals surface area contributed by atoms with Crippen molar-refractivity contribution in [3.8, 4) is 0 Å². The summed E-state index contributed by atoms with van der Waals surface area (Å²) in [4.78, 5) is 31.0. The first-order valence-corrected chi connectivity index (χ1v) is 7.85. The van der Waals surface area contributed by atoms with Crippen LogP contribution in [0.4, 0.5) is 0 Å². The van der Waals surface area contributed by atoms with Gasteiger partial charge in [0.15, 0.2) is 0 Å². The lowest BCUT2D eigenvalue weighted by atomic mass is 10.2. The molecule has 0 spiro atoms. The Labute approximate surface area is 99.1 Å². The van der Waals surface area contributed by atoms with E-state index in [2.05, 4.69) is 28.8 Å². The molecule has 0 amide bonds. The summed E-state index contributed by atoms with van der Waals surface area (Å²) < 4.78 is 22.2. The number of hydrogen-bond acceptors (Lipinski definition) is 5. The number of piperazine rings is 1. The molecule has 1 heterocycles. The molecule has 0 radical (unpaired) electrons. The van der Waals surface area contributed by atoms with Crippen LogP contribution in [0.5, 0.6) is 0 Å². The maximum Gasteiger partial charge on any atom is 0.478 e. The fourth-order valence-electron chi connectivity index (χ4n) is 1.26. The van der Waals surface area contributed by atoms with Crippen molar-refractivity contribution in [2.75, 3.05) is 13.1 Å². The standard InChI is InChI=1S/C6H14N2.H4O7P2/c1-5-3-7-4-6(2)8-5;1-8(2,3)7-9(4,5)6/h5-8H,3-4H2,1-2H3;(H2,1,2,3)(H2,4,5,6). The topological polar surface area (TPSA) is 148 Å². The van der Waals surface area contributed by atoms with Crippen LogP contribution in [-0.2, 0) is 13.4 Å². The summed E-state index contributed by atoms with van der Waals surface area (Å²) >= 11 is 0. The Kier molecular flexibility index (Phi) is 7.01. The monoisotopic (exact) mass is 292 g/mol. The molecule has 2 unspecified atom stereocenters. The van der Waals surface area contributed by atoms with Crippen LogP contribution < -0.4 is 10.6 Å². The third-order valence-corrected chi connectivity index (χ3v) is 3.38. The fourth-order valence-corrected chi connectivity index (χ4v) is 2.37. The Bertz CT molecular complexity index is 285. The van der Waals surface area contributed by atoms with Gasteiger partial charge in [0.25, 0.3) is 0 Å². The van der Waals surface area contributed by atoms with Crippen molar-refractivity contribution in [3.63, 3.8) is 0 Å². The summed E-state index contributed by atoms with van der Waals surface area (Å²) in [5.74, 6) is 0. The molecule has 0 bridgehead atoms. The molecule has 11 heteroatoms. The third kappa shape index (κ3) is 12.4. The third-order valence-electron chi connectivity index (χ3n) is 1.68. The second kappa shape index (κ2) is 6.94. The van der Waals surface area contributed by atoms with Crippen molar-refractivity contribution in [2.45, 2.75) is 25.9 Å². The van der Waals surface area contributed by atoms with Crippen molar-refractivity contribution < 1.29 is 33.0 Å². The average Bonchev–Trinajstić information content (AvgIpc) is 1.96. The van der Waals surface area contributed by atoms with Crippen molar-refractivity contribution in [2.24, 2.45) is 0 Å². The van der Waals surface area contributed by atoms with Crippen LogP contribution in [0.15, 0.2) is 0 Å². The van der Waals surface area contributed by atoms with Crippen molar-refractivity contribution in [3.05, 3.63) is 0 Å². The van der Waals surface area contributed by atoms with E-state index in [4.69, 9.17) is 19.6 Å². The Morgan fingerprint density at radius 1 is 1.00 bits per heavy atom. The van der Waals surface area contributed by atoms with Gasteiger partial charge in [0.05, 0.1) is 0 Å². The minimum absolute atomic E-state index is 0.652. The SMILES string of the molecule is CC1CNCC(C)N1.O=P(O)(O)OP(=O)(O)O. The Hall–Kier alpha value is 0.180. The van der Waals surface area contributed by atoms with Gasteiger partial charge in [-0.15, -0.1) is 0 Å². The molecule has 1 rings (SSSR count). The first kappa shape index (κ1) is 17.2. The van der Waals surface area contributed by atoms with E-state index in [1.807, 2.05) is 0 Å². The average molecular weight is 292 g/mol. The van der Waals surface area contributed by atoms with Gasteiger partial charge >= 0.3 is 15.6 Å². The van der Waals surface area contributed by atoms with Crippen LogP contribution in [0.1, 0.15) is 13.8 Å². The molecule has 1 aliphatic rings. The highest BCUT2D eigenvalue weighted by molar-refractivity contribution is 7.60. The molecule has 0 aromatic rings. The molecule has 104 valence electrons. The molecule has 9 nitrogen and oxygen atoms in total. The van der Waals surface area contributed by atoms with Crippen LogP contribution in [0, 0.1) is 0 Å². The van der Waals surface area contributed by atoms with Gasteiger partial charge in [-0.1, -0.05) is 0 Å². The highest BCUT2D eigenvalue weighted by atomic mass is 31.3. The molecule has 1 fully saturated rings. The predicted molar refractivity (Wildman–Crippen MR) is 60.1 cm³/mol. The van der Waals surface area contributed by atoms with Gasteiger partial charge < -0.3 is 30.2 Å². The Morgan fingerprint density at radius 3 is 1.47 bits per heavy atom. The van der Waals surface area contributed by atoms with E-state index in [0.717, 1.165) is 13.1 Å². The maximum atomic E-state index is 9.63. The van der Waals surface area contributed by atoms with Gasteiger partial charge in [-0.3, -0.25) is 0 Å². The highest BCUT2D eigenvalue weighted by Gasteiger charge is 2.27. The number of hydrogen-bond donors (Lipinski definition) is 6. The second-order valence-corrected chi connectivity index (χ2v) is 6.31. The van der Waals surface area contributed by atoms with Gasteiger partial charge in [0.2, 0.25) is 0 Å². The summed E-state index contributed by atoms with van der Waals surface area (Å²) in [5, 5.41) is 6.74. The normalized spacial score (nSPS) is 26.0. The van der Waals surface area contributed by atoms with Gasteiger partial charge in [0.1, 0.15) is 0 Å². The number of nitrogens with one attached hydrogen (secondary N) is 2. The smallest absolute Gasteiger partial charge is 0.314 e. The second-order valence-electron chi connectivity index (χ2n) is 3.69. The molecule has 17 heavy (non-hydrogen) atoms. The van der Waals surface area contributed by atoms with Crippen molar-refractivity contribution in [1.82, 2.24) is 10.6 Å². The van der Waals surface area contributed by atoms with Gasteiger partial charge in [-0.2, -0.15) is 4.31 Å². The Morgan fingerprint density at radius 2 is 1.35 bits per heavy atom. The zero-order valence-corrected chi connectivity index (χ0v) is 11.3. The lowest BCUT2D eigenvalue weighted by molar-refractivity contribution is 0.225. The minimum atomic E-state index is -5.05. The quantitative estimate of drug-likeness (QED) is 0.358. The molecule has 6 N–H and O–H groups in total. The van der Waals surface area contributed by atoms with E-state index in [1.54, 1.807) is 0 Å². The number of rotatable bonds is 2. The lowest BCUT2D eigenvalue weighted by Crippen LogP contribution is -2.52. The fraction of sp³-hybridized carbons (Fsp3) is 1.00. The molecule has 0 aliphatic carbocycles. The molecule has 0 saturated carbocycles. The van der Waals surface area contributed by atoms with E-state index < -0.39 is 15.6 Å². The molecule has 1 aliphatic heterocycles. The van der Waals surface area contributed by atoms with E-state index in [0.29, 0.717) is 12.1 Å². The number of phosphoric acid groups is 2. The zero-order chi connectivity index (χ0) is 13.7. The summed E-state index contributed by atoms with van der Waals surface area (Å²) in [7, 11) is -10.1. The van der Waals surface area contributed by atoms with Crippen LogP contribution >= 0.6 is 15.6 Å². The summed E-state index contributed by atoms with van der Waals surface area (Å²) in [5.41, 5.74) is 0. The molecule has 0 aromatic heterocycles. The van der Waals surface area contributed by atoms with E-state index in [9.17, 15) is 9.13 Å². The van der Waals surface area contributed by atoms with Crippen LogP contribution in [0.3, 0.4) is 0 Å². The van der Waals surface area contributed by atoms with Crippen LogP contribution in [0.25, 0.3) is 0 Å². The summed E-state index contributed by atoms with van der Waals surface area (Å²) in [6.07, 6.45) is 0. The molecule has 1 saturated heterocycles. The highest BCUT2D eigenvalue weighted by Crippen LogP contribution is 2.53. The van der Waals surface area contributed by atoms with Crippen LogP contribution in [0.2, 0.25) is 0 Å². The lowest BCUT2D eigenvalue weighted by Gasteiger charge is -2.26. The van der Waals surface area contributed by atoms with Crippen LogP contribution in [-0.4, -0.2) is 44.7 Å². The predicted octanol–water partition coefficient (Wildman–Crippen LogP) is -0.855. The molecular formula is C6H18N2O7P2. The molecule has 0 aromatic carbocycles. The first-order valence-electron chi connectivity index (χ1n) is 4.79. The van der Waals surface area contributed by atoms with Crippen molar-refractivity contribution >= 4 is 15.6 Å². The molecule has 2 atom stereocenters. The van der Waals surface area contributed by atoms with E-state index in [-0.39, 0.29) is 0 Å². The molecular weight excluding hydrogens is 274 g/mol. The zero-order valence-electron chi connectivity index (χ0n) is 9.48. The van der Waals surface area contributed by atoms with Gasteiger partial charge in [0, 0.05) is 25.2 Å². The Balaban J connectivity index is 0.000000302. The maximum absolute atomic E-state index is 9.63. The summed E-state index contributed by atoms with van der Waals surface area (Å²) in [6, 6.07) is 1.30. The van der Waals surface area contributed by atoms with Gasteiger partial charge in [-0.25, -0.2) is 9.13 Å². The first-order chi connectivity index (χ1) is 7.49. The van der Waals surface area contributed by atoms with E-state index in [1.165, 1.54) is 0 Å². The summed E-state index contributed by atoms with van der Waals surface area (Å²) in [6.45, 7) is 6.62. The van der Waals surface area contributed by atoms with Crippen molar-refractivity contribution in [1.29, 1.82) is 0 Å². The van der Waals surface area contributed by atoms with E-state index >= 15 is 0 Å². The van der Waals surface area contributed by atoms with Gasteiger partial charge in [-0.05, 0) is 13.8 Å². The largest absolute Gasteiger partial charge is 0.478 e.